The van der Waals surface area contributed by atoms with E-state index in [9.17, 15) is 14.7 Å². The van der Waals surface area contributed by atoms with Crippen molar-refractivity contribution in [3.63, 3.8) is 0 Å². The van der Waals surface area contributed by atoms with E-state index >= 15 is 0 Å². The number of likely N-dealkylation sites (tertiary alicyclic amines) is 1. The summed E-state index contributed by atoms with van der Waals surface area (Å²) < 4.78 is 10.7. The number of carbonyl (C=O) groups excluding carboxylic acids is 2. The molecule has 0 radical (unpaired) electrons. The first-order chi connectivity index (χ1) is 16.3. The van der Waals surface area contributed by atoms with Crippen LogP contribution in [0.15, 0.2) is 66.5 Å². The second-order valence-electron chi connectivity index (χ2n) is 8.20. The number of aryl methyl sites for hydroxylation is 2. The molecular formula is C27H26N2O5. The Morgan fingerprint density at radius 2 is 1.74 bits per heavy atom. The predicted octanol–water partition coefficient (Wildman–Crippen LogP) is 4.34. The van der Waals surface area contributed by atoms with Crippen molar-refractivity contribution in [1.29, 1.82) is 0 Å². The van der Waals surface area contributed by atoms with Gasteiger partial charge in [0.1, 0.15) is 17.3 Å². The Bertz CT molecular complexity index is 1280. The molecule has 1 atom stereocenters. The zero-order valence-electron chi connectivity index (χ0n) is 19.5. The Labute approximate surface area is 198 Å². The Hall–Kier alpha value is -4.13. The van der Waals surface area contributed by atoms with Crippen molar-refractivity contribution in [2.24, 2.45) is 0 Å². The number of hydrogen-bond acceptors (Lipinski definition) is 6. The second-order valence-corrected chi connectivity index (χ2v) is 8.20. The molecule has 3 aromatic rings. The maximum atomic E-state index is 13.3. The SMILES string of the molecule is COc1ccc(OC)c(/C(O)=C2\C(=O)C(=O)N(Cc3cc(C)ccc3C)C2c2ccncc2)c1. The van der Waals surface area contributed by atoms with Crippen LogP contribution in [0.4, 0.5) is 0 Å². The third kappa shape index (κ3) is 4.12. The largest absolute Gasteiger partial charge is 0.507 e. The normalized spacial score (nSPS) is 17.2. The maximum absolute atomic E-state index is 13.3. The molecule has 0 saturated carbocycles. The molecule has 174 valence electrons. The Morgan fingerprint density at radius 1 is 1.00 bits per heavy atom. The maximum Gasteiger partial charge on any atom is 0.295 e. The fourth-order valence-electron chi connectivity index (χ4n) is 4.23. The van der Waals surface area contributed by atoms with Crippen molar-refractivity contribution in [3.05, 3.63) is 94.3 Å². The summed E-state index contributed by atoms with van der Waals surface area (Å²) in [6.45, 7) is 4.16. The summed E-state index contributed by atoms with van der Waals surface area (Å²) in [6.07, 6.45) is 3.19. The molecule has 1 aromatic heterocycles. The lowest BCUT2D eigenvalue weighted by atomic mass is 9.95. The molecule has 2 heterocycles. The Kier molecular flexibility index (Phi) is 6.36. The van der Waals surface area contributed by atoms with Gasteiger partial charge in [0.05, 0.1) is 31.4 Å². The zero-order chi connectivity index (χ0) is 24.4. The minimum atomic E-state index is -0.793. The molecule has 2 aromatic carbocycles. The number of carbonyl (C=O) groups is 2. The lowest BCUT2D eigenvalue weighted by molar-refractivity contribution is -0.140. The van der Waals surface area contributed by atoms with Gasteiger partial charge in [0.25, 0.3) is 11.7 Å². The van der Waals surface area contributed by atoms with Gasteiger partial charge in [-0.15, -0.1) is 0 Å². The monoisotopic (exact) mass is 458 g/mol. The van der Waals surface area contributed by atoms with Gasteiger partial charge in [0, 0.05) is 18.9 Å². The molecule has 1 N–H and O–H groups in total. The highest BCUT2D eigenvalue weighted by molar-refractivity contribution is 6.46. The van der Waals surface area contributed by atoms with Crippen LogP contribution in [0.5, 0.6) is 11.5 Å². The molecule has 7 nitrogen and oxygen atoms in total. The van der Waals surface area contributed by atoms with Crippen LogP contribution in [0.1, 0.15) is 33.9 Å². The van der Waals surface area contributed by atoms with Gasteiger partial charge in [-0.05, 0) is 60.9 Å². The average Bonchev–Trinajstić information content (AvgIpc) is 3.10. The van der Waals surface area contributed by atoms with Gasteiger partial charge in [0.2, 0.25) is 0 Å². The van der Waals surface area contributed by atoms with Crippen LogP contribution in [0.2, 0.25) is 0 Å². The summed E-state index contributed by atoms with van der Waals surface area (Å²) in [5.41, 5.74) is 3.93. The first-order valence-electron chi connectivity index (χ1n) is 10.8. The van der Waals surface area contributed by atoms with Crippen LogP contribution in [-0.2, 0) is 16.1 Å². The van der Waals surface area contributed by atoms with Crippen LogP contribution in [-0.4, -0.2) is 40.9 Å². The Morgan fingerprint density at radius 3 is 2.41 bits per heavy atom. The molecule has 34 heavy (non-hydrogen) atoms. The molecule has 0 bridgehead atoms. The number of aromatic nitrogens is 1. The molecule has 4 rings (SSSR count). The highest BCUT2D eigenvalue weighted by Gasteiger charge is 2.46. The van der Waals surface area contributed by atoms with Crippen molar-refractivity contribution >= 4 is 17.4 Å². The number of hydrogen-bond donors (Lipinski definition) is 1. The minimum Gasteiger partial charge on any atom is -0.507 e. The summed E-state index contributed by atoms with van der Waals surface area (Å²) in [6, 6.07) is 13.6. The molecule has 1 fully saturated rings. The molecule has 0 aliphatic carbocycles. The van der Waals surface area contributed by atoms with Crippen LogP contribution < -0.4 is 9.47 Å². The molecule has 0 spiro atoms. The number of amides is 1. The zero-order valence-corrected chi connectivity index (χ0v) is 19.5. The van der Waals surface area contributed by atoms with Crippen LogP contribution in [0.3, 0.4) is 0 Å². The van der Waals surface area contributed by atoms with E-state index in [0.717, 1.165) is 16.7 Å². The number of rotatable bonds is 6. The predicted molar refractivity (Wildman–Crippen MR) is 128 cm³/mol. The van der Waals surface area contributed by atoms with Crippen LogP contribution >= 0.6 is 0 Å². The van der Waals surface area contributed by atoms with E-state index in [4.69, 9.17) is 9.47 Å². The third-order valence-electron chi connectivity index (χ3n) is 6.07. The summed E-state index contributed by atoms with van der Waals surface area (Å²) >= 11 is 0. The number of ketones is 1. The van der Waals surface area contributed by atoms with Gasteiger partial charge >= 0.3 is 0 Å². The summed E-state index contributed by atoms with van der Waals surface area (Å²) in [7, 11) is 2.98. The fourth-order valence-corrected chi connectivity index (χ4v) is 4.23. The summed E-state index contributed by atoms with van der Waals surface area (Å²) in [5.74, 6) is -0.917. The number of aliphatic hydroxyl groups excluding tert-OH is 1. The van der Waals surface area contributed by atoms with Crippen molar-refractivity contribution < 1.29 is 24.2 Å². The molecule has 1 aliphatic heterocycles. The quantitative estimate of drug-likeness (QED) is 0.336. The number of ether oxygens (including phenoxy) is 2. The smallest absolute Gasteiger partial charge is 0.295 e. The van der Waals surface area contributed by atoms with E-state index in [-0.39, 0.29) is 23.4 Å². The number of methoxy groups -OCH3 is 2. The number of pyridine rings is 1. The highest BCUT2D eigenvalue weighted by Crippen LogP contribution is 2.42. The van der Waals surface area contributed by atoms with Gasteiger partial charge in [-0.1, -0.05) is 23.8 Å². The van der Waals surface area contributed by atoms with Crippen LogP contribution in [0, 0.1) is 13.8 Å². The van der Waals surface area contributed by atoms with Gasteiger partial charge < -0.3 is 19.5 Å². The van der Waals surface area contributed by atoms with E-state index < -0.39 is 17.7 Å². The van der Waals surface area contributed by atoms with E-state index in [0.29, 0.717) is 17.1 Å². The van der Waals surface area contributed by atoms with Crippen molar-refractivity contribution in [2.45, 2.75) is 26.4 Å². The standard InChI is InChI=1S/C27H26N2O5/c1-16-5-6-17(2)19(13-16)15-29-24(18-9-11-28-12-10-18)23(26(31)27(29)32)25(30)21-14-20(33-3)7-8-22(21)34-4/h5-14,24,30H,15H2,1-4H3/b25-23+. The third-order valence-corrected chi connectivity index (χ3v) is 6.07. The van der Waals surface area contributed by atoms with Crippen LogP contribution in [0.25, 0.3) is 5.76 Å². The van der Waals surface area contributed by atoms with E-state index in [1.54, 1.807) is 42.7 Å². The fraction of sp³-hybridized carbons (Fsp3) is 0.222. The molecule has 1 amide bonds. The van der Waals surface area contributed by atoms with Crippen molar-refractivity contribution in [2.75, 3.05) is 14.2 Å². The van der Waals surface area contributed by atoms with E-state index in [1.807, 2.05) is 32.0 Å². The molecular weight excluding hydrogens is 432 g/mol. The van der Waals surface area contributed by atoms with Gasteiger partial charge in [0.15, 0.2) is 0 Å². The lowest BCUT2D eigenvalue weighted by Gasteiger charge is -2.26. The lowest BCUT2D eigenvalue weighted by Crippen LogP contribution is -2.29. The first kappa shape index (κ1) is 23.0. The van der Waals surface area contributed by atoms with Crippen molar-refractivity contribution in [1.82, 2.24) is 9.88 Å². The summed E-state index contributed by atoms with van der Waals surface area (Å²) in [5, 5.41) is 11.4. The number of benzene rings is 2. The number of nitrogens with zero attached hydrogens (tertiary/aromatic N) is 2. The first-order valence-corrected chi connectivity index (χ1v) is 10.8. The summed E-state index contributed by atoms with van der Waals surface area (Å²) in [4.78, 5) is 32.1. The topological polar surface area (TPSA) is 89.0 Å². The number of aliphatic hydroxyl groups is 1. The Balaban J connectivity index is 1.91. The van der Waals surface area contributed by atoms with E-state index in [1.165, 1.54) is 19.1 Å². The van der Waals surface area contributed by atoms with E-state index in [2.05, 4.69) is 4.98 Å². The number of Topliss-reactive ketones (excluding diaryl/α,β-unsaturated/α-hetero) is 1. The van der Waals surface area contributed by atoms with Crippen molar-refractivity contribution in [3.8, 4) is 11.5 Å². The van der Waals surface area contributed by atoms with Gasteiger partial charge in [-0.2, -0.15) is 0 Å². The minimum absolute atomic E-state index is 0.00643. The molecule has 7 heteroatoms. The van der Waals surface area contributed by atoms with Gasteiger partial charge in [-0.3, -0.25) is 14.6 Å². The molecule has 1 saturated heterocycles. The molecule has 1 unspecified atom stereocenters. The second kappa shape index (κ2) is 9.39. The van der Waals surface area contributed by atoms with Gasteiger partial charge in [-0.25, -0.2) is 0 Å². The average molecular weight is 459 g/mol. The molecule has 1 aliphatic rings. The highest BCUT2D eigenvalue weighted by atomic mass is 16.5.